The molecule has 0 spiro atoms. The monoisotopic (exact) mass is 409 g/mol. The van der Waals surface area contributed by atoms with Gasteiger partial charge in [-0.15, -0.1) is 0 Å². The summed E-state index contributed by atoms with van der Waals surface area (Å²) < 4.78 is 45.8. The number of piperazine rings is 1. The lowest BCUT2D eigenvalue weighted by molar-refractivity contribution is 0.379. The number of halogens is 1. The van der Waals surface area contributed by atoms with Gasteiger partial charge in [0.05, 0.1) is 12.0 Å². The summed E-state index contributed by atoms with van der Waals surface area (Å²) in [5.74, 6) is 0.631. The van der Waals surface area contributed by atoms with Gasteiger partial charge in [0.1, 0.15) is 5.82 Å². The number of ether oxygens (including phenoxy) is 1. The number of methoxy groups -OCH3 is 1. The molecule has 152 valence electrons. The van der Waals surface area contributed by atoms with Crippen molar-refractivity contribution >= 4 is 21.8 Å². The predicted octanol–water partition coefficient (Wildman–Crippen LogP) is 1.88. The van der Waals surface area contributed by atoms with E-state index in [9.17, 15) is 12.8 Å². The first-order chi connectivity index (χ1) is 13.3. The zero-order valence-electron chi connectivity index (χ0n) is 16.1. The third kappa shape index (κ3) is 4.17. The van der Waals surface area contributed by atoms with Crippen molar-refractivity contribution in [1.29, 1.82) is 0 Å². The van der Waals surface area contributed by atoms with Crippen LogP contribution in [0.5, 0.6) is 5.75 Å². The molecule has 1 fully saturated rings. The molecule has 0 aliphatic carbocycles. The minimum atomic E-state index is -3.77. The van der Waals surface area contributed by atoms with Crippen molar-refractivity contribution in [3.8, 4) is 5.75 Å². The first kappa shape index (κ1) is 20.3. The van der Waals surface area contributed by atoms with Crippen LogP contribution in [0, 0.1) is 12.7 Å². The van der Waals surface area contributed by atoms with Crippen molar-refractivity contribution < 1.29 is 17.5 Å². The second-order valence-electron chi connectivity index (χ2n) is 6.41. The summed E-state index contributed by atoms with van der Waals surface area (Å²) in [6, 6.07) is 5.56. The quantitative estimate of drug-likeness (QED) is 0.779. The minimum absolute atomic E-state index is 0.0133. The number of hydrogen-bond acceptors (Lipinski definition) is 7. The van der Waals surface area contributed by atoms with Crippen molar-refractivity contribution in [2.24, 2.45) is 0 Å². The molecule has 0 bridgehead atoms. The summed E-state index contributed by atoms with van der Waals surface area (Å²) in [6.07, 6.45) is 0. The SMILES string of the molecule is CCNc1nc(C)cc(N2CCN(S(=O)(=O)c3ccc(OC)c(F)c3)CC2)n1. The molecule has 3 rings (SSSR count). The number of nitrogens with one attached hydrogen (secondary N) is 1. The molecule has 2 aromatic rings. The van der Waals surface area contributed by atoms with E-state index in [1.807, 2.05) is 24.8 Å². The van der Waals surface area contributed by atoms with Crippen molar-refractivity contribution in [3.63, 3.8) is 0 Å². The first-order valence-corrected chi connectivity index (χ1v) is 10.5. The van der Waals surface area contributed by atoms with Gasteiger partial charge in [0.15, 0.2) is 11.6 Å². The third-order valence-corrected chi connectivity index (χ3v) is 6.39. The van der Waals surface area contributed by atoms with Gasteiger partial charge < -0.3 is 15.0 Å². The third-order valence-electron chi connectivity index (χ3n) is 4.50. The van der Waals surface area contributed by atoms with Gasteiger partial charge >= 0.3 is 0 Å². The summed E-state index contributed by atoms with van der Waals surface area (Å²) in [5, 5.41) is 3.10. The van der Waals surface area contributed by atoms with Crippen molar-refractivity contribution in [2.75, 3.05) is 50.1 Å². The standard InChI is InChI=1S/C18H24FN5O3S/c1-4-20-18-21-13(2)11-17(22-18)23-7-9-24(10-8-23)28(25,26)14-5-6-16(27-3)15(19)12-14/h5-6,11-12H,4,7-10H2,1-3H3,(H,20,21,22). The first-order valence-electron chi connectivity index (χ1n) is 9.03. The van der Waals surface area contributed by atoms with E-state index in [1.165, 1.54) is 23.5 Å². The van der Waals surface area contributed by atoms with E-state index >= 15 is 0 Å². The van der Waals surface area contributed by atoms with Crippen LogP contribution in [-0.2, 0) is 10.0 Å². The largest absolute Gasteiger partial charge is 0.494 e. The fourth-order valence-corrected chi connectivity index (χ4v) is 4.50. The van der Waals surface area contributed by atoms with Crippen LogP contribution in [-0.4, -0.2) is 62.5 Å². The zero-order valence-corrected chi connectivity index (χ0v) is 17.0. The van der Waals surface area contributed by atoms with Crippen LogP contribution < -0.4 is 15.0 Å². The average Bonchev–Trinajstić information content (AvgIpc) is 2.68. The molecule has 1 aliphatic heterocycles. The number of benzene rings is 1. The molecule has 0 unspecified atom stereocenters. The maximum Gasteiger partial charge on any atom is 0.243 e. The average molecular weight is 409 g/mol. The van der Waals surface area contributed by atoms with Crippen LogP contribution in [0.25, 0.3) is 0 Å². The summed E-state index contributed by atoms with van der Waals surface area (Å²) in [5.41, 5.74) is 0.838. The molecule has 0 amide bonds. The molecule has 0 atom stereocenters. The van der Waals surface area contributed by atoms with E-state index in [1.54, 1.807) is 0 Å². The second-order valence-corrected chi connectivity index (χ2v) is 8.35. The fraction of sp³-hybridized carbons (Fsp3) is 0.444. The highest BCUT2D eigenvalue weighted by atomic mass is 32.2. The Labute approximate surface area is 164 Å². The summed E-state index contributed by atoms with van der Waals surface area (Å²) >= 11 is 0. The summed E-state index contributed by atoms with van der Waals surface area (Å²) in [7, 11) is -2.44. The lowest BCUT2D eigenvalue weighted by Crippen LogP contribution is -2.49. The van der Waals surface area contributed by atoms with E-state index < -0.39 is 15.8 Å². The van der Waals surface area contributed by atoms with Gasteiger partial charge in [-0.2, -0.15) is 9.29 Å². The van der Waals surface area contributed by atoms with Crippen molar-refractivity contribution in [1.82, 2.24) is 14.3 Å². The highest BCUT2D eigenvalue weighted by Crippen LogP contribution is 2.25. The normalized spacial score (nSPS) is 15.5. The van der Waals surface area contributed by atoms with Crippen LogP contribution in [0.4, 0.5) is 16.2 Å². The highest BCUT2D eigenvalue weighted by molar-refractivity contribution is 7.89. The highest BCUT2D eigenvalue weighted by Gasteiger charge is 2.29. The van der Waals surface area contributed by atoms with Crippen LogP contribution in [0.2, 0.25) is 0 Å². The van der Waals surface area contributed by atoms with Gasteiger partial charge in [-0.05, 0) is 32.0 Å². The van der Waals surface area contributed by atoms with Gasteiger partial charge in [0.25, 0.3) is 0 Å². The smallest absolute Gasteiger partial charge is 0.243 e. The topological polar surface area (TPSA) is 87.7 Å². The van der Waals surface area contributed by atoms with Gasteiger partial charge in [-0.3, -0.25) is 0 Å². The summed E-state index contributed by atoms with van der Waals surface area (Å²) in [6.45, 7) is 6.13. The molecular formula is C18H24FN5O3S. The number of anilines is 2. The molecule has 1 aromatic carbocycles. The molecule has 1 N–H and O–H groups in total. The minimum Gasteiger partial charge on any atom is -0.494 e. The summed E-state index contributed by atoms with van der Waals surface area (Å²) in [4.78, 5) is 10.8. The fourth-order valence-electron chi connectivity index (χ4n) is 3.07. The van der Waals surface area contributed by atoms with Gasteiger partial charge in [0, 0.05) is 44.5 Å². The molecule has 1 saturated heterocycles. The Balaban J connectivity index is 1.73. The number of hydrogen-bond donors (Lipinski definition) is 1. The molecule has 1 aliphatic rings. The van der Waals surface area contributed by atoms with Crippen LogP contribution >= 0.6 is 0 Å². The van der Waals surface area contributed by atoms with Crippen molar-refractivity contribution in [3.05, 3.63) is 35.8 Å². The Morgan fingerprint density at radius 1 is 1.18 bits per heavy atom. The molecule has 8 nitrogen and oxygen atoms in total. The Morgan fingerprint density at radius 2 is 1.89 bits per heavy atom. The Morgan fingerprint density at radius 3 is 2.50 bits per heavy atom. The van der Waals surface area contributed by atoms with Crippen LogP contribution in [0.3, 0.4) is 0 Å². The van der Waals surface area contributed by atoms with E-state index in [2.05, 4.69) is 15.3 Å². The van der Waals surface area contributed by atoms with Crippen LogP contribution in [0.15, 0.2) is 29.2 Å². The number of aromatic nitrogens is 2. The number of aryl methyl sites for hydroxylation is 1. The molecule has 0 saturated carbocycles. The molecule has 1 aromatic heterocycles. The van der Waals surface area contributed by atoms with Crippen LogP contribution in [0.1, 0.15) is 12.6 Å². The number of nitrogens with zero attached hydrogens (tertiary/aromatic N) is 4. The van der Waals surface area contributed by atoms with Gasteiger partial charge in [-0.25, -0.2) is 17.8 Å². The van der Waals surface area contributed by atoms with Gasteiger partial charge in [0.2, 0.25) is 16.0 Å². The predicted molar refractivity (Wildman–Crippen MR) is 105 cm³/mol. The molecule has 2 heterocycles. The van der Waals surface area contributed by atoms with E-state index in [0.717, 1.165) is 17.6 Å². The van der Waals surface area contributed by atoms with E-state index in [0.29, 0.717) is 25.6 Å². The van der Waals surface area contributed by atoms with E-state index in [4.69, 9.17) is 4.74 Å². The van der Waals surface area contributed by atoms with Gasteiger partial charge in [-0.1, -0.05) is 0 Å². The second kappa shape index (κ2) is 8.27. The van der Waals surface area contributed by atoms with E-state index in [-0.39, 0.29) is 23.7 Å². The number of sulfonamides is 1. The lowest BCUT2D eigenvalue weighted by atomic mass is 10.3. The molecule has 28 heavy (non-hydrogen) atoms. The Bertz CT molecular complexity index is 946. The molecular weight excluding hydrogens is 385 g/mol. The van der Waals surface area contributed by atoms with Crippen molar-refractivity contribution in [2.45, 2.75) is 18.7 Å². The number of rotatable bonds is 6. The Kier molecular flexibility index (Phi) is 5.99. The molecule has 0 radical (unpaired) electrons. The lowest BCUT2D eigenvalue weighted by Gasteiger charge is -2.34. The maximum absolute atomic E-state index is 13.9. The molecule has 10 heteroatoms. The zero-order chi connectivity index (χ0) is 20.3. The maximum atomic E-state index is 13.9. The Hall–Kier alpha value is -2.46.